The van der Waals surface area contributed by atoms with Crippen molar-refractivity contribution in [1.29, 1.82) is 0 Å². The Bertz CT molecular complexity index is 981. The first kappa shape index (κ1) is 19.3. The number of aliphatic hydroxyl groups excluding tert-OH is 2. The van der Waals surface area contributed by atoms with Crippen molar-refractivity contribution in [3.05, 3.63) is 30.0 Å². The summed E-state index contributed by atoms with van der Waals surface area (Å²) >= 11 is 0. The highest BCUT2D eigenvalue weighted by molar-refractivity contribution is 5.73. The van der Waals surface area contributed by atoms with Gasteiger partial charge >= 0.3 is 0 Å². The molecule has 5 aliphatic rings. The van der Waals surface area contributed by atoms with Crippen molar-refractivity contribution in [2.45, 2.75) is 56.1 Å². The lowest BCUT2D eigenvalue weighted by Crippen LogP contribution is -2.49. The highest BCUT2D eigenvalue weighted by Gasteiger charge is 2.52. The monoisotopic (exact) mass is 422 g/mol. The second kappa shape index (κ2) is 6.81. The second-order valence-electron chi connectivity index (χ2n) is 10.4. The molecule has 7 rings (SSSR count). The number of phenolic OH excluding ortho intramolecular Hbond substituents is 1. The summed E-state index contributed by atoms with van der Waals surface area (Å²) in [6.45, 7) is 0.714. The van der Waals surface area contributed by atoms with E-state index in [2.05, 4.69) is 4.98 Å². The lowest BCUT2D eigenvalue weighted by Gasteiger charge is -2.56. The van der Waals surface area contributed by atoms with Gasteiger partial charge in [0.15, 0.2) is 0 Å². The number of phenols is 1. The molecule has 1 saturated heterocycles. The fraction of sp³-hybridized carbons (Fsp3) is 0.583. The molecule has 2 aromatic rings. The number of rotatable bonds is 3. The van der Waals surface area contributed by atoms with Gasteiger partial charge in [-0.25, -0.2) is 9.97 Å². The van der Waals surface area contributed by atoms with Crippen LogP contribution >= 0.6 is 0 Å². The number of hydrogen-bond acceptors (Lipinski definition) is 7. The van der Waals surface area contributed by atoms with E-state index in [1.54, 1.807) is 12.1 Å². The van der Waals surface area contributed by atoms with Gasteiger partial charge in [0.25, 0.3) is 0 Å². The quantitative estimate of drug-likeness (QED) is 0.600. The van der Waals surface area contributed by atoms with E-state index < -0.39 is 12.2 Å². The molecule has 4 bridgehead atoms. The average Bonchev–Trinajstić information content (AvgIpc) is 3.05. The van der Waals surface area contributed by atoms with Gasteiger partial charge in [-0.2, -0.15) is 0 Å². The van der Waals surface area contributed by atoms with Crippen LogP contribution in [-0.4, -0.2) is 50.6 Å². The molecule has 2 atom stereocenters. The summed E-state index contributed by atoms with van der Waals surface area (Å²) in [6.07, 6.45) is 6.11. The molecule has 31 heavy (non-hydrogen) atoms. The van der Waals surface area contributed by atoms with E-state index in [0.29, 0.717) is 24.3 Å². The van der Waals surface area contributed by atoms with E-state index in [4.69, 9.17) is 10.7 Å². The van der Waals surface area contributed by atoms with E-state index in [0.717, 1.165) is 29.1 Å². The molecule has 5 fully saturated rings. The third-order valence-electron chi connectivity index (χ3n) is 8.21. The normalized spacial score (nSPS) is 36.3. The number of β-amino-alcohol motifs (C(OH)–C–C–N with tert-alkyl or cyclic N) is 2. The van der Waals surface area contributed by atoms with Crippen LogP contribution in [0.4, 0.5) is 11.6 Å². The molecule has 0 spiro atoms. The number of hydrogen-bond donors (Lipinski definition) is 4. The first-order valence-electron chi connectivity index (χ1n) is 11.5. The summed E-state index contributed by atoms with van der Waals surface area (Å²) in [6, 6.07) is 7.35. The predicted octanol–water partition coefficient (Wildman–Crippen LogP) is 2.44. The zero-order valence-corrected chi connectivity index (χ0v) is 17.6. The van der Waals surface area contributed by atoms with Crippen molar-refractivity contribution in [3.8, 4) is 17.0 Å². The van der Waals surface area contributed by atoms with Gasteiger partial charge in [0.05, 0.1) is 23.6 Å². The van der Waals surface area contributed by atoms with E-state index in [1.165, 1.54) is 38.5 Å². The number of nitrogens with two attached hydrogens (primary N) is 1. The second-order valence-corrected chi connectivity index (χ2v) is 10.4. The van der Waals surface area contributed by atoms with Gasteiger partial charge in [0.2, 0.25) is 5.95 Å². The number of aliphatic hydroxyl groups is 2. The molecular weight excluding hydrogens is 392 g/mol. The van der Waals surface area contributed by atoms with Gasteiger partial charge in [-0.05, 0) is 80.5 Å². The van der Waals surface area contributed by atoms with E-state index >= 15 is 0 Å². The molecule has 0 radical (unpaired) electrons. The Morgan fingerprint density at radius 2 is 1.52 bits per heavy atom. The predicted molar refractivity (Wildman–Crippen MR) is 118 cm³/mol. The van der Waals surface area contributed by atoms with Crippen LogP contribution in [0.1, 0.15) is 44.2 Å². The molecule has 2 heterocycles. The third kappa shape index (κ3) is 3.17. The third-order valence-corrected chi connectivity index (χ3v) is 8.21. The van der Waals surface area contributed by atoms with Crippen LogP contribution in [0.25, 0.3) is 11.3 Å². The summed E-state index contributed by atoms with van der Waals surface area (Å²) in [4.78, 5) is 11.1. The number of nitrogen functional groups attached to an aromatic ring is 1. The fourth-order valence-corrected chi connectivity index (χ4v) is 7.21. The van der Waals surface area contributed by atoms with Crippen LogP contribution < -0.4 is 10.6 Å². The molecular formula is C24H30N4O3. The van der Waals surface area contributed by atoms with Crippen molar-refractivity contribution < 1.29 is 15.3 Å². The SMILES string of the molecule is Nc1nc(-c2cc(N3C[C@H](O)[C@@H](O)C3)ccc2O)cc(C23CC4CC(CC(C4)C2)C3)n1. The molecule has 7 heteroatoms. The molecule has 1 aliphatic heterocycles. The molecule has 1 aromatic carbocycles. The molecule has 1 aromatic heterocycles. The number of aromatic nitrogens is 2. The van der Waals surface area contributed by atoms with Gasteiger partial charge in [-0.3, -0.25) is 0 Å². The van der Waals surface area contributed by atoms with Crippen molar-refractivity contribution in [2.75, 3.05) is 23.7 Å². The molecule has 164 valence electrons. The first-order valence-corrected chi connectivity index (χ1v) is 11.5. The first-order chi connectivity index (χ1) is 14.9. The average molecular weight is 423 g/mol. The van der Waals surface area contributed by atoms with Crippen LogP contribution in [0.2, 0.25) is 0 Å². The molecule has 4 aliphatic carbocycles. The van der Waals surface area contributed by atoms with Crippen molar-refractivity contribution in [2.24, 2.45) is 17.8 Å². The van der Waals surface area contributed by atoms with Crippen molar-refractivity contribution >= 4 is 11.6 Å². The Hall–Kier alpha value is -2.38. The van der Waals surface area contributed by atoms with E-state index in [9.17, 15) is 15.3 Å². The summed E-state index contributed by atoms with van der Waals surface area (Å²) < 4.78 is 0. The van der Waals surface area contributed by atoms with Crippen LogP contribution in [-0.2, 0) is 5.41 Å². The van der Waals surface area contributed by atoms with Crippen molar-refractivity contribution in [1.82, 2.24) is 9.97 Å². The maximum Gasteiger partial charge on any atom is 0.220 e. The molecule has 0 amide bonds. The van der Waals surface area contributed by atoms with Gasteiger partial charge in [-0.15, -0.1) is 0 Å². The Labute approximate surface area is 181 Å². The summed E-state index contributed by atoms with van der Waals surface area (Å²) in [5.41, 5.74) is 9.38. The Morgan fingerprint density at radius 3 is 2.13 bits per heavy atom. The minimum atomic E-state index is -0.769. The number of benzene rings is 1. The van der Waals surface area contributed by atoms with Crippen LogP contribution in [0.3, 0.4) is 0 Å². The van der Waals surface area contributed by atoms with Gasteiger partial charge < -0.3 is 26.0 Å². The topological polar surface area (TPSA) is 116 Å². The van der Waals surface area contributed by atoms with E-state index in [1.807, 2.05) is 17.0 Å². The lowest BCUT2D eigenvalue weighted by molar-refractivity contribution is -0.00716. The molecule has 0 unspecified atom stereocenters. The summed E-state index contributed by atoms with van der Waals surface area (Å²) in [7, 11) is 0. The van der Waals surface area contributed by atoms with Crippen LogP contribution in [0, 0.1) is 17.8 Å². The summed E-state index contributed by atoms with van der Waals surface area (Å²) in [5, 5.41) is 30.5. The Balaban J connectivity index is 1.38. The number of nitrogens with zero attached hydrogens (tertiary/aromatic N) is 3. The van der Waals surface area contributed by atoms with Crippen LogP contribution in [0.5, 0.6) is 5.75 Å². The minimum absolute atomic E-state index is 0.0942. The minimum Gasteiger partial charge on any atom is -0.507 e. The maximum atomic E-state index is 10.6. The zero-order valence-electron chi connectivity index (χ0n) is 17.6. The number of aromatic hydroxyl groups is 1. The van der Waals surface area contributed by atoms with Gasteiger partial charge in [0.1, 0.15) is 5.75 Å². The summed E-state index contributed by atoms with van der Waals surface area (Å²) in [5.74, 6) is 2.79. The lowest BCUT2D eigenvalue weighted by atomic mass is 9.49. The molecule has 4 saturated carbocycles. The molecule has 7 nitrogen and oxygen atoms in total. The van der Waals surface area contributed by atoms with Crippen molar-refractivity contribution in [3.63, 3.8) is 0 Å². The molecule has 5 N–H and O–H groups in total. The van der Waals surface area contributed by atoms with Gasteiger partial charge in [0, 0.05) is 29.8 Å². The standard InChI is InChI=1S/C24H30N4O3/c25-23-26-18(17-6-16(1-2-19(17)29)28-11-20(30)21(31)12-28)7-22(27-23)24-8-13-3-14(9-24)5-15(4-13)10-24/h1-2,6-7,13-15,20-21,29-31H,3-5,8-12H2,(H2,25,26,27)/t13?,14?,15?,20-,21-,24?/m0/s1. The smallest absolute Gasteiger partial charge is 0.220 e. The Kier molecular flexibility index (Phi) is 4.24. The Morgan fingerprint density at radius 1 is 0.903 bits per heavy atom. The van der Waals surface area contributed by atoms with Crippen LogP contribution in [0.15, 0.2) is 24.3 Å². The maximum absolute atomic E-state index is 10.6. The zero-order chi connectivity index (χ0) is 21.3. The highest BCUT2D eigenvalue weighted by Crippen LogP contribution is 2.60. The fourth-order valence-electron chi connectivity index (χ4n) is 7.21. The van der Waals surface area contributed by atoms with E-state index in [-0.39, 0.29) is 17.1 Å². The number of anilines is 2. The highest BCUT2D eigenvalue weighted by atomic mass is 16.3. The van der Waals surface area contributed by atoms with Gasteiger partial charge in [-0.1, -0.05) is 0 Å². The largest absolute Gasteiger partial charge is 0.507 e.